The fraction of sp³-hybridized carbons (Fsp3) is 0.273. The monoisotopic (exact) mass is 401 g/mol. The molecule has 0 N–H and O–H groups in total. The number of nitrogens with zero attached hydrogens (tertiary/aromatic N) is 1. The molecule has 0 spiro atoms. The SMILES string of the molecule is COC(=O)CN(C)C(=O)c1cc(Cl)cc(Cl)c1I. The molecule has 0 aliphatic carbocycles. The predicted octanol–water partition coefficient (Wildman–Crippen LogP) is 2.84. The first kappa shape index (κ1) is 15.5. The number of esters is 1. The van der Waals surface area contributed by atoms with Gasteiger partial charge in [0.25, 0.3) is 5.91 Å². The van der Waals surface area contributed by atoms with Gasteiger partial charge in [0.05, 0.1) is 17.7 Å². The second-order valence-electron chi connectivity index (χ2n) is 3.49. The topological polar surface area (TPSA) is 46.6 Å². The summed E-state index contributed by atoms with van der Waals surface area (Å²) in [5.41, 5.74) is 0.361. The molecule has 0 aliphatic heterocycles. The van der Waals surface area contributed by atoms with Crippen LogP contribution < -0.4 is 0 Å². The minimum atomic E-state index is -0.492. The Balaban J connectivity index is 3.00. The Bertz CT molecular complexity index is 493. The number of hydrogen-bond donors (Lipinski definition) is 0. The maximum Gasteiger partial charge on any atom is 0.325 e. The molecule has 1 amide bonds. The highest BCUT2D eigenvalue weighted by Gasteiger charge is 2.19. The summed E-state index contributed by atoms with van der Waals surface area (Å²) in [7, 11) is 2.77. The third-order valence-corrected chi connectivity index (χ3v) is 4.16. The first-order valence-corrected chi connectivity index (χ1v) is 6.67. The zero-order valence-electron chi connectivity index (χ0n) is 9.67. The molecule has 0 heterocycles. The number of likely N-dealkylation sites (N-methyl/N-ethyl adjacent to an activating group) is 1. The number of halogens is 3. The Hall–Kier alpha value is -0.530. The molecule has 1 aromatic rings. The van der Waals surface area contributed by atoms with Gasteiger partial charge in [-0.05, 0) is 34.7 Å². The molecule has 1 rings (SSSR count). The van der Waals surface area contributed by atoms with Crippen LogP contribution in [0.15, 0.2) is 12.1 Å². The Morgan fingerprint density at radius 1 is 1.39 bits per heavy atom. The molecule has 98 valence electrons. The van der Waals surface area contributed by atoms with Crippen molar-refractivity contribution in [3.05, 3.63) is 31.3 Å². The van der Waals surface area contributed by atoms with Gasteiger partial charge in [0.1, 0.15) is 6.54 Å². The van der Waals surface area contributed by atoms with E-state index in [1.165, 1.54) is 25.1 Å². The van der Waals surface area contributed by atoms with E-state index in [0.29, 0.717) is 19.2 Å². The van der Waals surface area contributed by atoms with Crippen LogP contribution in [0.25, 0.3) is 0 Å². The molecule has 0 fully saturated rings. The van der Waals surface area contributed by atoms with E-state index in [2.05, 4.69) is 4.74 Å². The number of carbonyl (C=O) groups excluding carboxylic acids is 2. The molecule has 1 aromatic carbocycles. The van der Waals surface area contributed by atoms with Gasteiger partial charge < -0.3 is 9.64 Å². The number of ether oxygens (including phenoxy) is 1. The van der Waals surface area contributed by atoms with Crippen molar-refractivity contribution in [2.45, 2.75) is 0 Å². The number of rotatable bonds is 3. The maximum absolute atomic E-state index is 12.1. The van der Waals surface area contributed by atoms with Crippen molar-refractivity contribution >= 4 is 57.7 Å². The lowest BCUT2D eigenvalue weighted by Crippen LogP contribution is -2.33. The zero-order valence-corrected chi connectivity index (χ0v) is 13.3. The molecule has 0 radical (unpaired) electrons. The van der Waals surface area contributed by atoms with Crippen LogP contribution in [0.3, 0.4) is 0 Å². The lowest BCUT2D eigenvalue weighted by molar-refractivity contribution is -0.141. The fourth-order valence-corrected chi connectivity index (χ4v) is 2.28. The summed E-state index contributed by atoms with van der Waals surface area (Å²) in [5.74, 6) is -0.830. The summed E-state index contributed by atoms with van der Waals surface area (Å²) in [6, 6.07) is 3.08. The van der Waals surface area contributed by atoms with Crippen LogP contribution in [0.1, 0.15) is 10.4 Å². The summed E-state index contributed by atoms with van der Waals surface area (Å²) in [4.78, 5) is 24.5. The zero-order chi connectivity index (χ0) is 13.9. The highest BCUT2D eigenvalue weighted by atomic mass is 127. The van der Waals surface area contributed by atoms with Crippen LogP contribution in [0, 0.1) is 3.57 Å². The number of methoxy groups -OCH3 is 1. The van der Waals surface area contributed by atoms with E-state index in [0.717, 1.165) is 0 Å². The van der Waals surface area contributed by atoms with Crippen LogP contribution >= 0.6 is 45.8 Å². The first-order chi connectivity index (χ1) is 8.36. The van der Waals surface area contributed by atoms with Crippen LogP contribution in [-0.4, -0.2) is 37.5 Å². The van der Waals surface area contributed by atoms with Gasteiger partial charge in [0.2, 0.25) is 0 Å². The highest BCUT2D eigenvalue weighted by Crippen LogP contribution is 2.27. The van der Waals surface area contributed by atoms with Crippen molar-refractivity contribution in [2.75, 3.05) is 20.7 Å². The molecule has 0 bridgehead atoms. The Kier molecular flexibility index (Phi) is 5.68. The molecule has 0 saturated carbocycles. The smallest absolute Gasteiger partial charge is 0.325 e. The van der Waals surface area contributed by atoms with Gasteiger partial charge in [-0.3, -0.25) is 9.59 Å². The van der Waals surface area contributed by atoms with Crippen molar-refractivity contribution in [2.24, 2.45) is 0 Å². The van der Waals surface area contributed by atoms with E-state index in [4.69, 9.17) is 23.2 Å². The molecule has 18 heavy (non-hydrogen) atoms. The predicted molar refractivity (Wildman–Crippen MR) is 78.2 cm³/mol. The largest absolute Gasteiger partial charge is 0.468 e. The van der Waals surface area contributed by atoms with Gasteiger partial charge in [-0.2, -0.15) is 0 Å². The van der Waals surface area contributed by atoms with Crippen LogP contribution in [0.5, 0.6) is 0 Å². The van der Waals surface area contributed by atoms with E-state index in [1.54, 1.807) is 6.07 Å². The second-order valence-corrected chi connectivity index (χ2v) is 5.41. The molecular formula is C11H10Cl2INO3. The van der Waals surface area contributed by atoms with Crippen molar-refractivity contribution in [3.63, 3.8) is 0 Å². The minimum absolute atomic E-state index is 0.129. The highest BCUT2D eigenvalue weighted by molar-refractivity contribution is 14.1. The Labute approximate surface area is 128 Å². The summed E-state index contributed by atoms with van der Waals surface area (Å²) in [6.07, 6.45) is 0. The Morgan fingerprint density at radius 3 is 2.56 bits per heavy atom. The number of amides is 1. The van der Waals surface area contributed by atoms with Crippen LogP contribution in [0.2, 0.25) is 10.0 Å². The number of benzene rings is 1. The van der Waals surface area contributed by atoms with Crippen LogP contribution in [-0.2, 0) is 9.53 Å². The van der Waals surface area contributed by atoms with E-state index in [1.807, 2.05) is 22.6 Å². The van der Waals surface area contributed by atoms with Crippen molar-refractivity contribution in [1.82, 2.24) is 4.90 Å². The number of carbonyl (C=O) groups is 2. The second kappa shape index (κ2) is 6.58. The molecule has 4 nitrogen and oxygen atoms in total. The molecule has 0 unspecified atom stereocenters. The van der Waals surface area contributed by atoms with E-state index >= 15 is 0 Å². The summed E-state index contributed by atoms with van der Waals surface area (Å²) >= 11 is 13.8. The van der Waals surface area contributed by atoms with E-state index in [-0.39, 0.29) is 12.5 Å². The quantitative estimate of drug-likeness (QED) is 0.444. The lowest BCUT2D eigenvalue weighted by atomic mass is 10.2. The molecule has 7 heteroatoms. The molecule has 0 aromatic heterocycles. The summed E-state index contributed by atoms with van der Waals surface area (Å²) < 4.78 is 5.10. The summed E-state index contributed by atoms with van der Waals surface area (Å²) in [6.45, 7) is -0.129. The average molecular weight is 402 g/mol. The Morgan fingerprint density at radius 2 is 2.00 bits per heavy atom. The maximum atomic E-state index is 12.1. The van der Waals surface area contributed by atoms with Crippen molar-refractivity contribution < 1.29 is 14.3 Å². The van der Waals surface area contributed by atoms with E-state index < -0.39 is 5.97 Å². The van der Waals surface area contributed by atoms with Gasteiger partial charge in [-0.1, -0.05) is 23.2 Å². The third-order valence-electron chi connectivity index (χ3n) is 2.16. The average Bonchev–Trinajstić information content (AvgIpc) is 2.32. The van der Waals surface area contributed by atoms with Gasteiger partial charge in [-0.15, -0.1) is 0 Å². The molecule has 0 saturated heterocycles. The molecular weight excluding hydrogens is 392 g/mol. The number of hydrogen-bond acceptors (Lipinski definition) is 3. The van der Waals surface area contributed by atoms with Crippen molar-refractivity contribution in [3.8, 4) is 0 Å². The van der Waals surface area contributed by atoms with Crippen LogP contribution in [0.4, 0.5) is 0 Å². The van der Waals surface area contributed by atoms with Gasteiger partial charge in [-0.25, -0.2) is 0 Å². The van der Waals surface area contributed by atoms with E-state index in [9.17, 15) is 9.59 Å². The fourth-order valence-electron chi connectivity index (χ4n) is 1.25. The third kappa shape index (κ3) is 3.73. The van der Waals surface area contributed by atoms with Gasteiger partial charge in [0.15, 0.2) is 0 Å². The van der Waals surface area contributed by atoms with Gasteiger partial charge in [0, 0.05) is 15.6 Å². The first-order valence-electron chi connectivity index (χ1n) is 4.83. The normalized spacial score (nSPS) is 10.1. The van der Waals surface area contributed by atoms with Gasteiger partial charge >= 0.3 is 5.97 Å². The lowest BCUT2D eigenvalue weighted by Gasteiger charge is -2.17. The summed E-state index contributed by atoms with van der Waals surface area (Å²) in [5, 5.41) is 0.771. The standard InChI is InChI=1S/C11H10Cl2INO3/c1-15(5-9(16)18-2)11(17)7-3-6(12)4-8(13)10(7)14/h3-4H,5H2,1-2H3. The molecule has 0 aliphatic rings. The minimum Gasteiger partial charge on any atom is -0.468 e. The molecule has 0 atom stereocenters. The van der Waals surface area contributed by atoms with Crippen molar-refractivity contribution in [1.29, 1.82) is 0 Å².